The van der Waals surface area contributed by atoms with Crippen molar-refractivity contribution in [2.45, 2.75) is 19.1 Å². The smallest absolute Gasteiger partial charge is 0.326 e. The Balaban J connectivity index is 1.62. The van der Waals surface area contributed by atoms with E-state index in [9.17, 15) is 19.5 Å². The maximum absolute atomic E-state index is 12.4. The van der Waals surface area contributed by atoms with Crippen LogP contribution in [0, 0.1) is 0 Å². The maximum Gasteiger partial charge on any atom is 0.326 e. The van der Waals surface area contributed by atoms with Crippen LogP contribution in [-0.2, 0) is 20.9 Å². The van der Waals surface area contributed by atoms with Gasteiger partial charge in [0.2, 0.25) is 0 Å². The number of carbonyl (C=O) groups is 3. The number of esters is 1. The molecule has 6 nitrogen and oxygen atoms in total. The SMILES string of the molecule is O=C(C[C@@H](NC(=O)c1ccc2ccccc2c1)C(=O)O)OCc1ccccc1. The van der Waals surface area contributed by atoms with Crippen molar-refractivity contribution in [2.75, 3.05) is 0 Å². The maximum atomic E-state index is 12.4. The Hall–Kier alpha value is -3.67. The van der Waals surface area contributed by atoms with Gasteiger partial charge in [-0.15, -0.1) is 0 Å². The molecule has 3 aromatic rings. The molecule has 0 heterocycles. The van der Waals surface area contributed by atoms with Gasteiger partial charge in [0.25, 0.3) is 5.91 Å². The molecule has 28 heavy (non-hydrogen) atoms. The summed E-state index contributed by atoms with van der Waals surface area (Å²) in [6.07, 6.45) is -0.457. The van der Waals surface area contributed by atoms with Crippen LogP contribution in [0.5, 0.6) is 0 Å². The second kappa shape index (κ2) is 8.81. The molecule has 0 aliphatic rings. The standard InChI is InChI=1S/C22H19NO5/c24-20(28-14-15-6-2-1-3-7-15)13-19(22(26)27)23-21(25)18-11-10-16-8-4-5-9-17(16)12-18/h1-12,19H,13-14H2,(H,23,25)(H,26,27)/t19-/m1/s1. The minimum absolute atomic E-state index is 0.0463. The first-order valence-corrected chi connectivity index (χ1v) is 8.75. The third-order valence-corrected chi connectivity index (χ3v) is 4.23. The fourth-order valence-corrected chi connectivity index (χ4v) is 2.74. The summed E-state index contributed by atoms with van der Waals surface area (Å²) in [7, 11) is 0. The average Bonchev–Trinajstić information content (AvgIpc) is 2.72. The molecule has 6 heteroatoms. The van der Waals surface area contributed by atoms with Crippen LogP contribution in [0.15, 0.2) is 72.8 Å². The minimum Gasteiger partial charge on any atom is -0.480 e. The monoisotopic (exact) mass is 377 g/mol. The molecule has 3 aromatic carbocycles. The number of hydrogen-bond acceptors (Lipinski definition) is 4. The highest BCUT2D eigenvalue weighted by Gasteiger charge is 2.24. The van der Waals surface area contributed by atoms with Crippen LogP contribution in [-0.4, -0.2) is 29.0 Å². The average molecular weight is 377 g/mol. The summed E-state index contributed by atoms with van der Waals surface area (Å²) in [5.74, 6) is -2.56. The van der Waals surface area contributed by atoms with Crippen LogP contribution in [0.1, 0.15) is 22.3 Å². The van der Waals surface area contributed by atoms with Gasteiger partial charge in [0.1, 0.15) is 12.6 Å². The molecule has 0 radical (unpaired) electrons. The molecule has 0 aliphatic carbocycles. The fraction of sp³-hybridized carbons (Fsp3) is 0.136. The van der Waals surface area contributed by atoms with Crippen molar-refractivity contribution in [1.29, 1.82) is 0 Å². The van der Waals surface area contributed by atoms with E-state index in [0.717, 1.165) is 16.3 Å². The van der Waals surface area contributed by atoms with Crippen molar-refractivity contribution >= 4 is 28.6 Å². The lowest BCUT2D eigenvalue weighted by molar-refractivity contribution is -0.150. The minimum atomic E-state index is -1.37. The number of ether oxygens (including phenoxy) is 1. The number of carboxylic acid groups (broad SMARTS) is 1. The lowest BCUT2D eigenvalue weighted by atomic mass is 10.1. The summed E-state index contributed by atoms with van der Waals surface area (Å²) in [5, 5.41) is 13.6. The van der Waals surface area contributed by atoms with Gasteiger partial charge >= 0.3 is 11.9 Å². The summed E-state index contributed by atoms with van der Waals surface area (Å²) in [4.78, 5) is 35.9. The molecule has 1 atom stereocenters. The lowest BCUT2D eigenvalue weighted by Gasteiger charge is -2.14. The number of rotatable bonds is 7. The third kappa shape index (κ3) is 4.94. The number of amides is 1. The molecule has 1 amide bonds. The number of carboxylic acids is 1. The summed E-state index contributed by atoms with van der Waals surface area (Å²) in [6.45, 7) is 0.0463. The van der Waals surface area contributed by atoms with E-state index >= 15 is 0 Å². The van der Waals surface area contributed by atoms with Crippen LogP contribution in [0.3, 0.4) is 0 Å². The molecule has 3 rings (SSSR count). The first-order chi connectivity index (χ1) is 13.5. The normalized spacial score (nSPS) is 11.6. The topological polar surface area (TPSA) is 92.7 Å². The molecular formula is C22H19NO5. The predicted molar refractivity (Wildman–Crippen MR) is 104 cm³/mol. The number of hydrogen-bond donors (Lipinski definition) is 2. The molecule has 0 unspecified atom stereocenters. The van der Waals surface area contributed by atoms with Gasteiger partial charge < -0.3 is 15.2 Å². The molecule has 0 aromatic heterocycles. The second-order valence-corrected chi connectivity index (χ2v) is 6.28. The Bertz CT molecular complexity index is 1000. The van der Waals surface area contributed by atoms with E-state index in [1.165, 1.54) is 0 Å². The molecule has 0 fully saturated rings. The van der Waals surface area contributed by atoms with Crippen molar-refractivity contribution < 1.29 is 24.2 Å². The van der Waals surface area contributed by atoms with Crippen LogP contribution >= 0.6 is 0 Å². The van der Waals surface area contributed by atoms with Gasteiger partial charge in [-0.3, -0.25) is 9.59 Å². The lowest BCUT2D eigenvalue weighted by Crippen LogP contribution is -2.42. The number of benzene rings is 3. The van der Waals surface area contributed by atoms with E-state index in [1.54, 1.807) is 30.3 Å². The van der Waals surface area contributed by atoms with E-state index < -0.39 is 30.3 Å². The molecule has 142 valence electrons. The van der Waals surface area contributed by atoms with Crippen molar-refractivity contribution in [3.8, 4) is 0 Å². The molecule has 0 saturated carbocycles. The zero-order chi connectivity index (χ0) is 19.9. The Morgan fingerprint density at radius 1 is 0.893 bits per heavy atom. The first kappa shape index (κ1) is 19.1. The molecule has 0 aliphatic heterocycles. The van der Waals surface area contributed by atoms with Gasteiger partial charge in [-0.05, 0) is 28.5 Å². The van der Waals surface area contributed by atoms with Crippen LogP contribution < -0.4 is 5.32 Å². The first-order valence-electron chi connectivity index (χ1n) is 8.75. The Morgan fingerprint density at radius 2 is 1.57 bits per heavy atom. The number of aliphatic carboxylic acids is 1. The van der Waals surface area contributed by atoms with E-state index in [1.807, 2.05) is 42.5 Å². The van der Waals surface area contributed by atoms with Gasteiger partial charge in [-0.25, -0.2) is 4.79 Å². The number of nitrogens with one attached hydrogen (secondary N) is 1. The Morgan fingerprint density at radius 3 is 2.29 bits per heavy atom. The quantitative estimate of drug-likeness (QED) is 0.617. The van der Waals surface area contributed by atoms with E-state index in [0.29, 0.717) is 5.56 Å². The van der Waals surface area contributed by atoms with Gasteiger partial charge in [0.05, 0.1) is 6.42 Å². The molecule has 0 bridgehead atoms. The molecule has 2 N–H and O–H groups in total. The van der Waals surface area contributed by atoms with Crippen LogP contribution in [0.4, 0.5) is 0 Å². The Labute approximate surface area is 161 Å². The van der Waals surface area contributed by atoms with Gasteiger partial charge in [-0.1, -0.05) is 60.7 Å². The molecule has 0 spiro atoms. The zero-order valence-electron chi connectivity index (χ0n) is 15.0. The molecule has 0 saturated heterocycles. The highest BCUT2D eigenvalue weighted by atomic mass is 16.5. The van der Waals surface area contributed by atoms with Crippen molar-refractivity contribution in [2.24, 2.45) is 0 Å². The van der Waals surface area contributed by atoms with Crippen LogP contribution in [0.2, 0.25) is 0 Å². The third-order valence-electron chi connectivity index (χ3n) is 4.23. The molecular weight excluding hydrogens is 358 g/mol. The van der Waals surface area contributed by atoms with Gasteiger partial charge in [0, 0.05) is 5.56 Å². The predicted octanol–water partition coefficient (Wildman–Crippen LogP) is 3.16. The van der Waals surface area contributed by atoms with Crippen molar-refractivity contribution in [1.82, 2.24) is 5.32 Å². The summed E-state index contributed by atoms with van der Waals surface area (Å²) in [5.41, 5.74) is 1.12. The zero-order valence-corrected chi connectivity index (χ0v) is 15.0. The highest BCUT2D eigenvalue weighted by molar-refractivity contribution is 6.00. The van der Waals surface area contributed by atoms with Crippen molar-refractivity contribution in [3.05, 3.63) is 83.9 Å². The summed E-state index contributed by atoms with van der Waals surface area (Å²) >= 11 is 0. The van der Waals surface area contributed by atoms with Gasteiger partial charge in [0.15, 0.2) is 0 Å². The van der Waals surface area contributed by atoms with Gasteiger partial charge in [-0.2, -0.15) is 0 Å². The fourth-order valence-electron chi connectivity index (χ4n) is 2.74. The second-order valence-electron chi connectivity index (χ2n) is 6.28. The highest BCUT2D eigenvalue weighted by Crippen LogP contribution is 2.16. The summed E-state index contributed by atoms with van der Waals surface area (Å²) in [6, 6.07) is 20.3. The number of carbonyl (C=O) groups excluding carboxylic acids is 2. The van der Waals surface area contributed by atoms with Crippen molar-refractivity contribution in [3.63, 3.8) is 0 Å². The van der Waals surface area contributed by atoms with E-state index in [2.05, 4.69) is 5.32 Å². The largest absolute Gasteiger partial charge is 0.480 e. The number of fused-ring (bicyclic) bond motifs is 1. The van der Waals surface area contributed by atoms with Crippen LogP contribution in [0.25, 0.3) is 10.8 Å². The van der Waals surface area contributed by atoms with E-state index in [-0.39, 0.29) is 6.61 Å². The summed E-state index contributed by atoms with van der Waals surface area (Å²) < 4.78 is 5.10. The van der Waals surface area contributed by atoms with E-state index in [4.69, 9.17) is 4.74 Å². The Kier molecular flexibility index (Phi) is 6.01.